The van der Waals surface area contributed by atoms with Crippen molar-refractivity contribution < 1.29 is 9.90 Å². The van der Waals surface area contributed by atoms with Crippen molar-refractivity contribution in [2.24, 2.45) is 10.4 Å². The monoisotopic (exact) mass is 321 g/mol. The SMILES string of the molecule is CCC(=Nc1cccc2ccccc12)C1=C(O)CC(C)(C)CC1=O. The first-order valence-corrected chi connectivity index (χ1v) is 8.42. The lowest BCUT2D eigenvalue weighted by atomic mass is 9.75. The summed E-state index contributed by atoms with van der Waals surface area (Å²) in [6, 6.07) is 14.0. The van der Waals surface area contributed by atoms with Crippen LogP contribution in [0.2, 0.25) is 0 Å². The molecule has 0 aromatic heterocycles. The molecule has 1 aliphatic rings. The Bertz CT molecular complexity index is 854. The molecule has 0 aliphatic heterocycles. The van der Waals surface area contributed by atoms with Gasteiger partial charge in [-0.3, -0.25) is 9.79 Å². The largest absolute Gasteiger partial charge is 0.511 e. The highest BCUT2D eigenvalue weighted by molar-refractivity contribution is 6.24. The number of nitrogens with zero attached hydrogens (tertiary/aromatic N) is 1. The lowest BCUT2D eigenvalue weighted by molar-refractivity contribution is -0.117. The summed E-state index contributed by atoms with van der Waals surface area (Å²) in [6.45, 7) is 5.98. The molecule has 0 bridgehead atoms. The van der Waals surface area contributed by atoms with Gasteiger partial charge in [0, 0.05) is 18.2 Å². The van der Waals surface area contributed by atoms with Gasteiger partial charge in [-0.25, -0.2) is 0 Å². The van der Waals surface area contributed by atoms with Crippen molar-refractivity contribution in [1.29, 1.82) is 0 Å². The van der Waals surface area contributed by atoms with Gasteiger partial charge in [0.1, 0.15) is 5.76 Å². The van der Waals surface area contributed by atoms with E-state index in [4.69, 9.17) is 4.99 Å². The van der Waals surface area contributed by atoms with Crippen molar-refractivity contribution in [3.05, 3.63) is 53.8 Å². The zero-order valence-electron chi connectivity index (χ0n) is 14.5. The quantitative estimate of drug-likeness (QED) is 0.756. The molecule has 3 heteroatoms. The van der Waals surface area contributed by atoms with Gasteiger partial charge in [-0.2, -0.15) is 0 Å². The first-order valence-electron chi connectivity index (χ1n) is 8.42. The Morgan fingerprint density at radius 3 is 2.54 bits per heavy atom. The van der Waals surface area contributed by atoms with Crippen LogP contribution in [-0.4, -0.2) is 16.6 Å². The molecule has 0 atom stereocenters. The summed E-state index contributed by atoms with van der Waals surface area (Å²) >= 11 is 0. The van der Waals surface area contributed by atoms with E-state index in [1.54, 1.807) is 0 Å². The minimum absolute atomic E-state index is 0.00964. The molecule has 24 heavy (non-hydrogen) atoms. The van der Waals surface area contributed by atoms with Crippen LogP contribution in [-0.2, 0) is 4.79 Å². The molecule has 0 unspecified atom stereocenters. The number of allylic oxidation sites excluding steroid dienone is 2. The maximum Gasteiger partial charge on any atom is 0.168 e. The maximum absolute atomic E-state index is 12.6. The average Bonchev–Trinajstić information content (AvgIpc) is 2.52. The van der Waals surface area contributed by atoms with Crippen LogP contribution in [0.1, 0.15) is 40.0 Å². The summed E-state index contributed by atoms with van der Waals surface area (Å²) in [4.78, 5) is 17.3. The van der Waals surface area contributed by atoms with Crippen LogP contribution in [0, 0.1) is 5.41 Å². The van der Waals surface area contributed by atoms with Gasteiger partial charge in [0.2, 0.25) is 0 Å². The molecule has 1 aliphatic carbocycles. The van der Waals surface area contributed by atoms with E-state index in [9.17, 15) is 9.90 Å². The van der Waals surface area contributed by atoms with Crippen molar-refractivity contribution in [2.45, 2.75) is 40.0 Å². The van der Waals surface area contributed by atoms with E-state index in [-0.39, 0.29) is 17.0 Å². The van der Waals surface area contributed by atoms with E-state index in [0.29, 0.717) is 30.5 Å². The number of benzene rings is 2. The number of carbonyl (C=O) groups excluding carboxylic acids is 1. The molecule has 0 heterocycles. The predicted molar refractivity (Wildman–Crippen MR) is 99.0 cm³/mol. The van der Waals surface area contributed by atoms with Crippen LogP contribution < -0.4 is 0 Å². The van der Waals surface area contributed by atoms with Crippen LogP contribution in [0.4, 0.5) is 5.69 Å². The molecule has 0 saturated heterocycles. The van der Waals surface area contributed by atoms with E-state index >= 15 is 0 Å². The van der Waals surface area contributed by atoms with Gasteiger partial charge in [0.05, 0.1) is 17.0 Å². The van der Waals surface area contributed by atoms with Crippen LogP contribution >= 0.6 is 0 Å². The first kappa shape index (κ1) is 16.4. The highest BCUT2D eigenvalue weighted by atomic mass is 16.3. The number of hydrogen-bond donors (Lipinski definition) is 1. The highest BCUT2D eigenvalue weighted by Gasteiger charge is 2.34. The molecule has 0 spiro atoms. The lowest BCUT2D eigenvalue weighted by Gasteiger charge is -2.29. The lowest BCUT2D eigenvalue weighted by Crippen LogP contribution is -2.29. The molecule has 2 aromatic rings. The van der Waals surface area contributed by atoms with E-state index in [0.717, 1.165) is 16.5 Å². The fourth-order valence-corrected chi connectivity index (χ4v) is 3.38. The molecule has 124 valence electrons. The van der Waals surface area contributed by atoms with Gasteiger partial charge in [0.15, 0.2) is 5.78 Å². The molecular weight excluding hydrogens is 298 g/mol. The molecule has 0 amide bonds. The molecule has 0 saturated carbocycles. The van der Waals surface area contributed by atoms with Crippen molar-refractivity contribution in [3.8, 4) is 0 Å². The first-order chi connectivity index (χ1) is 11.4. The summed E-state index contributed by atoms with van der Waals surface area (Å²) in [5.74, 6) is 0.168. The number of carbonyl (C=O) groups is 1. The molecule has 3 rings (SSSR count). The van der Waals surface area contributed by atoms with E-state index in [2.05, 4.69) is 0 Å². The zero-order valence-corrected chi connectivity index (χ0v) is 14.5. The van der Waals surface area contributed by atoms with Crippen LogP contribution in [0.15, 0.2) is 58.8 Å². The number of hydrogen-bond acceptors (Lipinski definition) is 3. The van der Waals surface area contributed by atoms with Crippen molar-refractivity contribution >= 4 is 28.0 Å². The Morgan fingerprint density at radius 1 is 1.12 bits per heavy atom. The standard InChI is InChI=1S/C21H23NO2/c1-4-16(20-18(23)12-21(2,3)13-19(20)24)22-17-11-7-9-14-8-5-6-10-15(14)17/h5-11,23H,4,12-13H2,1-3H3. The number of rotatable bonds is 3. The number of aliphatic imine (C=N–C) groups is 1. The van der Waals surface area contributed by atoms with Gasteiger partial charge in [0.25, 0.3) is 0 Å². The second kappa shape index (κ2) is 6.23. The van der Waals surface area contributed by atoms with Crippen LogP contribution in [0.25, 0.3) is 10.8 Å². The zero-order chi connectivity index (χ0) is 17.3. The van der Waals surface area contributed by atoms with Gasteiger partial charge >= 0.3 is 0 Å². The maximum atomic E-state index is 12.6. The smallest absolute Gasteiger partial charge is 0.168 e. The summed E-state index contributed by atoms with van der Waals surface area (Å²) in [5.41, 5.74) is 1.74. The minimum atomic E-state index is -0.192. The molecule has 0 fully saturated rings. The summed E-state index contributed by atoms with van der Waals surface area (Å²) in [6.07, 6.45) is 1.57. The molecule has 3 nitrogen and oxygen atoms in total. The normalized spacial score (nSPS) is 18.3. The van der Waals surface area contributed by atoms with Crippen molar-refractivity contribution in [3.63, 3.8) is 0 Å². The summed E-state index contributed by atoms with van der Waals surface area (Å²) in [5, 5.41) is 12.6. The molecule has 0 radical (unpaired) electrons. The number of fused-ring (bicyclic) bond motifs is 1. The Balaban J connectivity index is 2.11. The van der Waals surface area contributed by atoms with E-state index in [1.807, 2.05) is 63.2 Å². The Morgan fingerprint density at radius 2 is 1.83 bits per heavy atom. The third-order valence-electron chi connectivity index (χ3n) is 4.50. The Labute approximate surface area is 142 Å². The number of aliphatic hydroxyl groups is 1. The third-order valence-corrected chi connectivity index (χ3v) is 4.50. The van der Waals surface area contributed by atoms with Crippen molar-refractivity contribution in [1.82, 2.24) is 0 Å². The topological polar surface area (TPSA) is 49.7 Å². The highest BCUT2D eigenvalue weighted by Crippen LogP contribution is 2.37. The predicted octanol–water partition coefficient (Wildman–Crippen LogP) is 5.52. The van der Waals surface area contributed by atoms with Gasteiger partial charge < -0.3 is 5.11 Å². The van der Waals surface area contributed by atoms with Crippen LogP contribution in [0.5, 0.6) is 0 Å². The number of ketones is 1. The average molecular weight is 321 g/mol. The Hall–Kier alpha value is -2.42. The van der Waals surface area contributed by atoms with E-state index < -0.39 is 0 Å². The van der Waals surface area contributed by atoms with Crippen LogP contribution in [0.3, 0.4) is 0 Å². The Kier molecular flexibility index (Phi) is 4.27. The van der Waals surface area contributed by atoms with Gasteiger partial charge in [-0.15, -0.1) is 0 Å². The fraction of sp³-hybridized carbons (Fsp3) is 0.333. The van der Waals surface area contributed by atoms with Crippen molar-refractivity contribution in [2.75, 3.05) is 0 Å². The second-order valence-electron chi connectivity index (χ2n) is 7.17. The number of Topliss-reactive ketones (excluding diaryl/α,β-unsaturated/α-hetero) is 1. The summed E-state index contributed by atoms with van der Waals surface area (Å²) in [7, 11) is 0. The number of aliphatic hydroxyl groups excluding tert-OH is 1. The van der Waals surface area contributed by atoms with E-state index in [1.165, 1.54) is 0 Å². The third kappa shape index (κ3) is 3.12. The molecule has 1 N–H and O–H groups in total. The fourth-order valence-electron chi connectivity index (χ4n) is 3.38. The van der Waals surface area contributed by atoms with Gasteiger partial charge in [-0.05, 0) is 23.3 Å². The summed E-state index contributed by atoms with van der Waals surface area (Å²) < 4.78 is 0. The minimum Gasteiger partial charge on any atom is -0.511 e. The second-order valence-corrected chi connectivity index (χ2v) is 7.17. The van der Waals surface area contributed by atoms with Gasteiger partial charge in [-0.1, -0.05) is 57.2 Å². The molecule has 2 aromatic carbocycles. The molecular formula is C21H23NO2.